The number of hydrogen-bond donors (Lipinski definition) is 1. The van der Waals surface area contributed by atoms with Gasteiger partial charge in [0.1, 0.15) is 0 Å². The molecule has 6 heteroatoms. The van der Waals surface area contributed by atoms with E-state index in [9.17, 15) is 9.59 Å². The average Bonchev–Trinajstić information content (AvgIpc) is 2.93. The van der Waals surface area contributed by atoms with Crippen LogP contribution in [0.3, 0.4) is 0 Å². The molecule has 1 aromatic heterocycles. The standard InChI is InChI=1S/C30H34N4O2/c1-22-28(19-32-29(35)21-33-15-6-3-7-16-33)27-14-17-34(20-26(27)18-31-22)30(36)25-12-10-24(11-13-25)23-8-4-2-5-9-23/h2,4-5,8-13,18H,3,6-7,14-17,19-21H2,1H3,(H,32,35). The molecule has 0 saturated carbocycles. The van der Waals surface area contributed by atoms with Gasteiger partial charge >= 0.3 is 0 Å². The highest BCUT2D eigenvalue weighted by Crippen LogP contribution is 2.26. The summed E-state index contributed by atoms with van der Waals surface area (Å²) in [5.74, 6) is 0.109. The first-order valence-electron chi connectivity index (χ1n) is 13.0. The number of carbonyl (C=O) groups is 2. The van der Waals surface area contributed by atoms with E-state index in [4.69, 9.17) is 0 Å². The lowest BCUT2D eigenvalue weighted by Crippen LogP contribution is -2.40. The molecule has 1 saturated heterocycles. The van der Waals surface area contributed by atoms with Crippen molar-refractivity contribution in [3.8, 4) is 11.1 Å². The number of benzene rings is 2. The van der Waals surface area contributed by atoms with Gasteiger partial charge in [0.2, 0.25) is 5.91 Å². The Morgan fingerprint density at radius 1 is 0.917 bits per heavy atom. The predicted octanol–water partition coefficient (Wildman–Crippen LogP) is 4.36. The summed E-state index contributed by atoms with van der Waals surface area (Å²) < 4.78 is 0. The van der Waals surface area contributed by atoms with Gasteiger partial charge in [0, 0.05) is 37.1 Å². The molecule has 2 amide bonds. The molecule has 2 aliphatic heterocycles. The van der Waals surface area contributed by atoms with E-state index in [1.165, 1.54) is 24.8 Å². The third kappa shape index (κ3) is 5.49. The fraction of sp³-hybridized carbons (Fsp3) is 0.367. The number of pyridine rings is 1. The van der Waals surface area contributed by atoms with Crippen LogP contribution in [0.2, 0.25) is 0 Å². The molecule has 36 heavy (non-hydrogen) atoms. The van der Waals surface area contributed by atoms with Crippen LogP contribution in [0.5, 0.6) is 0 Å². The maximum absolute atomic E-state index is 13.3. The number of hydrogen-bond acceptors (Lipinski definition) is 4. The van der Waals surface area contributed by atoms with Gasteiger partial charge in [-0.05, 0) is 79.2 Å². The van der Waals surface area contributed by atoms with E-state index < -0.39 is 0 Å². The van der Waals surface area contributed by atoms with Gasteiger partial charge in [0.25, 0.3) is 5.91 Å². The molecule has 5 rings (SSSR count). The number of nitrogens with one attached hydrogen (secondary N) is 1. The molecule has 186 valence electrons. The summed E-state index contributed by atoms with van der Waals surface area (Å²) >= 11 is 0. The number of aryl methyl sites for hydroxylation is 1. The molecule has 0 aliphatic carbocycles. The van der Waals surface area contributed by atoms with E-state index in [-0.39, 0.29) is 11.8 Å². The number of nitrogens with zero attached hydrogens (tertiary/aromatic N) is 3. The highest BCUT2D eigenvalue weighted by molar-refractivity contribution is 5.95. The third-order valence-electron chi connectivity index (χ3n) is 7.40. The Bertz CT molecular complexity index is 1220. The van der Waals surface area contributed by atoms with Crippen molar-refractivity contribution in [1.29, 1.82) is 0 Å². The number of aromatic nitrogens is 1. The second-order valence-electron chi connectivity index (χ2n) is 9.86. The highest BCUT2D eigenvalue weighted by Gasteiger charge is 2.25. The van der Waals surface area contributed by atoms with Crippen molar-refractivity contribution in [3.05, 3.63) is 88.7 Å². The van der Waals surface area contributed by atoms with E-state index in [0.29, 0.717) is 31.7 Å². The maximum Gasteiger partial charge on any atom is 0.254 e. The molecule has 3 heterocycles. The number of carbonyl (C=O) groups excluding carboxylic acids is 2. The van der Waals surface area contributed by atoms with Crippen molar-refractivity contribution in [2.24, 2.45) is 0 Å². The van der Waals surface area contributed by atoms with Gasteiger partial charge in [-0.15, -0.1) is 0 Å². The van der Waals surface area contributed by atoms with Gasteiger partial charge < -0.3 is 10.2 Å². The summed E-state index contributed by atoms with van der Waals surface area (Å²) in [4.78, 5) is 34.5. The van der Waals surface area contributed by atoms with E-state index in [1.54, 1.807) is 0 Å². The Morgan fingerprint density at radius 3 is 2.39 bits per heavy atom. The van der Waals surface area contributed by atoms with Crippen molar-refractivity contribution in [3.63, 3.8) is 0 Å². The van der Waals surface area contributed by atoms with Crippen LogP contribution in [0.1, 0.15) is 52.0 Å². The first-order chi connectivity index (χ1) is 17.6. The van der Waals surface area contributed by atoms with Crippen LogP contribution in [0.4, 0.5) is 0 Å². The smallest absolute Gasteiger partial charge is 0.254 e. The fourth-order valence-corrected chi connectivity index (χ4v) is 5.31. The summed E-state index contributed by atoms with van der Waals surface area (Å²) in [5, 5.41) is 3.11. The third-order valence-corrected chi connectivity index (χ3v) is 7.40. The summed E-state index contributed by atoms with van der Waals surface area (Å²) in [6.45, 7) is 6.16. The molecule has 2 aliphatic rings. The Balaban J connectivity index is 1.23. The highest BCUT2D eigenvalue weighted by atomic mass is 16.2. The summed E-state index contributed by atoms with van der Waals surface area (Å²) in [7, 11) is 0. The van der Waals surface area contributed by atoms with E-state index in [0.717, 1.165) is 47.5 Å². The minimum absolute atomic E-state index is 0.0391. The number of likely N-dealkylation sites (tertiary alicyclic amines) is 1. The minimum atomic E-state index is 0.0391. The molecule has 0 bridgehead atoms. The van der Waals surface area contributed by atoms with Gasteiger partial charge in [0.15, 0.2) is 0 Å². The molecule has 1 fully saturated rings. The summed E-state index contributed by atoms with van der Waals surface area (Å²) in [5.41, 5.74) is 7.28. The molecule has 2 aromatic carbocycles. The van der Waals surface area contributed by atoms with Crippen LogP contribution in [0, 0.1) is 6.92 Å². The Labute approximate surface area is 213 Å². The Kier molecular flexibility index (Phi) is 7.42. The summed E-state index contributed by atoms with van der Waals surface area (Å²) in [6.07, 6.45) is 6.27. The second-order valence-corrected chi connectivity index (χ2v) is 9.86. The largest absolute Gasteiger partial charge is 0.351 e. The zero-order chi connectivity index (χ0) is 24.9. The monoisotopic (exact) mass is 482 g/mol. The van der Waals surface area contributed by atoms with Gasteiger partial charge in [-0.2, -0.15) is 0 Å². The van der Waals surface area contributed by atoms with Crippen LogP contribution in [0.25, 0.3) is 11.1 Å². The van der Waals surface area contributed by atoms with Gasteiger partial charge in [0.05, 0.1) is 6.54 Å². The molecule has 1 N–H and O–H groups in total. The second kappa shape index (κ2) is 11.0. The number of fused-ring (bicyclic) bond motifs is 1. The lowest BCUT2D eigenvalue weighted by atomic mass is 9.94. The quantitative estimate of drug-likeness (QED) is 0.567. The molecule has 0 atom stereocenters. The lowest BCUT2D eigenvalue weighted by molar-refractivity contribution is -0.122. The molecular formula is C30H34N4O2. The number of rotatable bonds is 6. The summed E-state index contributed by atoms with van der Waals surface area (Å²) in [6, 6.07) is 18.0. The van der Waals surface area contributed by atoms with Crippen molar-refractivity contribution in [2.75, 3.05) is 26.2 Å². The van der Waals surface area contributed by atoms with Crippen LogP contribution >= 0.6 is 0 Å². The van der Waals surface area contributed by atoms with E-state index in [2.05, 4.69) is 27.3 Å². The normalized spacial score (nSPS) is 15.9. The van der Waals surface area contributed by atoms with Crippen LogP contribution in [0.15, 0.2) is 60.8 Å². The molecule has 3 aromatic rings. The molecular weight excluding hydrogens is 448 g/mol. The van der Waals surface area contributed by atoms with Crippen LogP contribution in [-0.4, -0.2) is 52.8 Å². The van der Waals surface area contributed by atoms with Gasteiger partial charge in [-0.3, -0.25) is 19.5 Å². The van der Waals surface area contributed by atoms with E-state index in [1.807, 2.05) is 60.5 Å². The fourth-order valence-electron chi connectivity index (χ4n) is 5.31. The average molecular weight is 483 g/mol. The minimum Gasteiger partial charge on any atom is -0.351 e. The Hall–Kier alpha value is -3.51. The predicted molar refractivity (Wildman–Crippen MR) is 141 cm³/mol. The molecule has 0 unspecified atom stereocenters. The number of piperidine rings is 1. The van der Waals surface area contributed by atoms with E-state index >= 15 is 0 Å². The van der Waals surface area contributed by atoms with Crippen LogP contribution in [-0.2, 0) is 24.3 Å². The zero-order valence-corrected chi connectivity index (χ0v) is 21.0. The number of amides is 2. The molecule has 6 nitrogen and oxygen atoms in total. The van der Waals surface area contributed by atoms with Crippen molar-refractivity contribution in [1.82, 2.24) is 20.1 Å². The molecule has 0 spiro atoms. The zero-order valence-electron chi connectivity index (χ0n) is 21.0. The van der Waals surface area contributed by atoms with Gasteiger partial charge in [-0.25, -0.2) is 0 Å². The first-order valence-corrected chi connectivity index (χ1v) is 13.0. The first kappa shape index (κ1) is 24.2. The topological polar surface area (TPSA) is 65.5 Å². The Morgan fingerprint density at radius 2 is 1.64 bits per heavy atom. The van der Waals surface area contributed by atoms with Gasteiger partial charge in [-0.1, -0.05) is 48.9 Å². The maximum atomic E-state index is 13.3. The van der Waals surface area contributed by atoms with Crippen molar-refractivity contribution >= 4 is 11.8 Å². The van der Waals surface area contributed by atoms with Crippen LogP contribution < -0.4 is 5.32 Å². The molecule has 0 radical (unpaired) electrons. The van der Waals surface area contributed by atoms with Crippen molar-refractivity contribution in [2.45, 2.75) is 45.7 Å². The lowest BCUT2D eigenvalue weighted by Gasteiger charge is -2.31. The van der Waals surface area contributed by atoms with Crippen molar-refractivity contribution < 1.29 is 9.59 Å². The SMILES string of the molecule is Cc1ncc2c(c1CNC(=O)CN1CCCCC1)CCN(C(=O)c1ccc(-c3ccccc3)cc1)C2.